The number of pyridine rings is 1. The fourth-order valence-corrected chi connectivity index (χ4v) is 2.90. The SMILES string of the molecule is COc1cc(S)c(-c2cn3ccc(N)cc3n2)c(S)c1. The number of hydrogen-bond acceptors (Lipinski definition) is 5. The van der Waals surface area contributed by atoms with Crippen LogP contribution in [0.5, 0.6) is 5.75 Å². The van der Waals surface area contributed by atoms with E-state index in [-0.39, 0.29) is 0 Å². The van der Waals surface area contributed by atoms with Crippen LogP contribution in [0.1, 0.15) is 0 Å². The minimum absolute atomic E-state index is 0.682. The summed E-state index contributed by atoms with van der Waals surface area (Å²) >= 11 is 9.00. The van der Waals surface area contributed by atoms with Gasteiger partial charge in [-0.1, -0.05) is 0 Å². The molecule has 2 N–H and O–H groups in total. The van der Waals surface area contributed by atoms with E-state index in [9.17, 15) is 0 Å². The number of thiol groups is 2. The van der Waals surface area contributed by atoms with Crippen LogP contribution >= 0.6 is 25.3 Å². The third-order valence-corrected chi connectivity index (χ3v) is 3.75. The molecule has 3 aromatic rings. The zero-order chi connectivity index (χ0) is 14.3. The summed E-state index contributed by atoms with van der Waals surface area (Å²) in [4.78, 5) is 6.10. The molecule has 0 unspecified atom stereocenters. The molecule has 0 atom stereocenters. The van der Waals surface area contributed by atoms with Crippen molar-refractivity contribution in [3.8, 4) is 17.0 Å². The van der Waals surface area contributed by atoms with Crippen LogP contribution in [-0.2, 0) is 0 Å². The van der Waals surface area contributed by atoms with Gasteiger partial charge in [0.2, 0.25) is 0 Å². The van der Waals surface area contributed by atoms with E-state index < -0.39 is 0 Å². The Kier molecular flexibility index (Phi) is 3.27. The molecule has 0 aliphatic heterocycles. The Bertz CT molecular complexity index is 775. The maximum atomic E-state index is 5.77. The average molecular weight is 303 g/mol. The van der Waals surface area contributed by atoms with Gasteiger partial charge in [-0.3, -0.25) is 0 Å². The lowest BCUT2D eigenvalue weighted by atomic mass is 10.1. The van der Waals surface area contributed by atoms with E-state index in [2.05, 4.69) is 30.2 Å². The third-order valence-electron chi connectivity index (χ3n) is 3.05. The zero-order valence-corrected chi connectivity index (χ0v) is 12.5. The average Bonchev–Trinajstić information content (AvgIpc) is 2.80. The highest BCUT2D eigenvalue weighted by Crippen LogP contribution is 2.35. The number of ether oxygens (including phenoxy) is 1. The zero-order valence-electron chi connectivity index (χ0n) is 10.7. The van der Waals surface area contributed by atoms with Crippen molar-refractivity contribution in [3.05, 3.63) is 36.7 Å². The van der Waals surface area contributed by atoms with Crippen LogP contribution in [0.2, 0.25) is 0 Å². The molecule has 0 spiro atoms. The standard InChI is InChI=1S/C14H13N3OS2/c1-18-9-5-11(19)14(12(20)6-9)10-7-17-3-2-8(15)4-13(17)16-10/h2-7,19-20H,15H2,1H3. The fourth-order valence-electron chi connectivity index (χ4n) is 2.09. The smallest absolute Gasteiger partial charge is 0.139 e. The summed E-state index contributed by atoms with van der Waals surface area (Å²) in [5.41, 5.74) is 8.91. The van der Waals surface area contributed by atoms with E-state index in [0.717, 1.165) is 32.4 Å². The Labute approximate surface area is 127 Å². The molecule has 3 rings (SSSR count). The van der Waals surface area contributed by atoms with E-state index in [0.29, 0.717) is 5.69 Å². The van der Waals surface area contributed by atoms with Crippen molar-refractivity contribution in [2.75, 3.05) is 12.8 Å². The molecule has 0 aliphatic carbocycles. The molecule has 4 nitrogen and oxygen atoms in total. The second-order valence-electron chi connectivity index (χ2n) is 4.39. The van der Waals surface area contributed by atoms with Crippen molar-refractivity contribution < 1.29 is 4.74 Å². The van der Waals surface area contributed by atoms with Crippen molar-refractivity contribution in [1.82, 2.24) is 9.38 Å². The van der Waals surface area contributed by atoms with Gasteiger partial charge in [-0.25, -0.2) is 4.98 Å². The number of nitrogens with two attached hydrogens (primary N) is 1. The molecular formula is C14H13N3OS2. The molecule has 0 radical (unpaired) electrons. The molecular weight excluding hydrogens is 290 g/mol. The lowest BCUT2D eigenvalue weighted by Crippen LogP contribution is -1.88. The number of rotatable bonds is 2. The van der Waals surface area contributed by atoms with Gasteiger partial charge < -0.3 is 14.9 Å². The Morgan fingerprint density at radius 2 is 1.90 bits per heavy atom. The monoisotopic (exact) mass is 303 g/mol. The first kappa shape index (κ1) is 13.2. The minimum atomic E-state index is 0.682. The van der Waals surface area contributed by atoms with Gasteiger partial charge in [-0.2, -0.15) is 0 Å². The normalized spacial score (nSPS) is 10.9. The summed E-state index contributed by atoms with van der Waals surface area (Å²) in [6.45, 7) is 0. The van der Waals surface area contributed by atoms with Crippen molar-refractivity contribution in [1.29, 1.82) is 0 Å². The summed E-state index contributed by atoms with van der Waals surface area (Å²) < 4.78 is 7.11. The summed E-state index contributed by atoms with van der Waals surface area (Å²) in [7, 11) is 1.61. The number of aromatic nitrogens is 2. The number of hydrogen-bond donors (Lipinski definition) is 3. The Balaban J connectivity index is 2.20. The third kappa shape index (κ3) is 2.21. The van der Waals surface area contributed by atoms with Gasteiger partial charge in [0.05, 0.1) is 12.8 Å². The molecule has 0 saturated carbocycles. The van der Waals surface area contributed by atoms with Crippen molar-refractivity contribution in [2.24, 2.45) is 0 Å². The van der Waals surface area contributed by atoms with E-state index in [1.54, 1.807) is 7.11 Å². The first-order valence-electron chi connectivity index (χ1n) is 5.93. The first-order valence-corrected chi connectivity index (χ1v) is 6.82. The number of nitrogen functional groups attached to an aromatic ring is 1. The van der Waals surface area contributed by atoms with E-state index in [1.807, 2.05) is 41.1 Å². The van der Waals surface area contributed by atoms with Crippen molar-refractivity contribution >= 4 is 36.6 Å². The van der Waals surface area contributed by atoms with Crippen molar-refractivity contribution in [3.63, 3.8) is 0 Å². The molecule has 2 aromatic heterocycles. The van der Waals surface area contributed by atoms with Gasteiger partial charge in [0.1, 0.15) is 11.4 Å². The highest BCUT2D eigenvalue weighted by Gasteiger charge is 2.13. The Hall–Kier alpha value is -1.79. The maximum Gasteiger partial charge on any atom is 0.139 e. The lowest BCUT2D eigenvalue weighted by molar-refractivity contribution is 0.412. The molecule has 0 fully saturated rings. The van der Waals surface area contributed by atoms with Gasteiger partial charge in [-0.15, -0.1) is 25.3 Å². The second-order valence-corrected chi connectivity index (χ2v) is 5.36. The van der Waals surface area contributed by atoms with Gasteiger partial charge in [0, 0.05) is 39.5 Å². The summed E-state index contributed by atoms with van der Waals surface area (Å²) in [6.07, 6.45) is 3.80. The molecule has 102 valence electrons. The summed E-state index contributed by atoms with van der Waals surface area (Å²) in [5.74, 6) is 0.719. The van der Waals surface area contributed by atoms with Crippen LogP contribution in [-0.4, -0.2) is 16.5 Å². The number of nitrogens with zero attached hydrogens (tertiary/aromatic N) is 2. The highest BCUT2D eigenvalue weighted by atomic mass is 32.1. The van der Waals surface area contributed by atoms with E-state index in [1.165, 1.54) is 0 Å². The lowest BCUT2D eigenvalue weighted by Gasteiger charge is -2.08. The predicted molar refractivity (Wildman–Crippen MR) is 86.1 cm³/mol. The van der Waals surface area contributed by atoms with E-state index in [4.69, 9.17) is 10.5 Å². The number of fused-ring (bicyclic) bond motifs is 1. The van der Waals surface area contributed by atoms with Crippen LogP contribution in [0.15, 0.2) is 46.5 Å². The largest absolute Gasteiger partial charge is 0.497 e. The van der Waals surface area contributed by atoms with Gasteiger partial charge in [0.15, 0.2) is 0 Å². The van der Waals surface area contributed by atoms with Crippen LogP contribution in [0, 0.1) is 0 Å². The minimum Gasteiger partial charge on any atom is -0.497 e. The van der Waals surface area contributed by atoms with Crippen LogP contribution in [0.25, 0.3) is 16.9 Å². The molecule has 1 aromatic carbocycles. The van der Waals surface area contributed by atoms with Crippen LogP contribution < -0.4 is 10.5 Å². The molecule has 6 heteroatoms. The quantitative estimate of drug-likeness (QED) is 0.637. The van der Waals surface area contributed by atoms with Crippen molar-refractivity contribution in [2.45, 2.75) is 9.79 Å². The predicted octanol–water partition coefficient (Wildman–Crippen LogP) is 3.17. The molecule has 2 heterocycles. The second kappa shape index (κ2) is 4.96. The number of imidazole rings is 1. The molecule has 0 amide bonds. The van der Waals surface area contributed by atoms with Gasteiger partial charge >= 0.3 is 0 Å². The molecule has 20 heavy (non-hydrogen) atoms. The Morgan fingerprint density at radius 3 is 2.55 bits per heavy atom. The fraction of sp³-hybridized carbons (Fsp3) is 0.0714. The first-order chi connectivity index (χ1) is 9.58. The molecule has 0 saturated heterocycles. The molecule has 0 bridgehead atoms. The molecule has 0 aliphatic rings. The van der Waals surface area contributed by atoms with E-state index >= 15 is 0 Å². The number of benzene rings is 1. The number of methoxy groups -OCH3 is 1. The topological polar surface area (TPSA) is 52.5 Å². The van der Waals surface area contributed by atoms with Gasteiger partial charge in [0.25, 0.3) is 0 Å². The van der Waals surface area contributed by atoms with Crippen LogP contribution in [0.3, 0.4) is 0 Å². The summed E-state index contributed by atoms with van der Waals surface area (Å²) in [6, 6.07) is 7.34. The van der Waals surface area contributed by atoms with Crippen LogP contribution in [0.4, 0.5) is 5.69 Å². The maximum absolute atomic E-state index is 5.77. The summed E-state index contributed by atoms with van der Waals surface area (Å²) in [5, 5.41) is 0. The highest BCUT2D eigenvalue weighted by molar-refractivity contribution is 7.81. The Morgan fingerprint density at radius 1 is 1.20 bits per heavy atom. The number of anilines is 1. The van der Waals surface area contributed by atoms with Gasteiger partial charge in [-0.05, 0) is 18.2 Å².